The van der Waals surface area contributed by atoms with Crippen molar-refractivity contribution >= 4 is 62.8 Å². The van der Waals surface area contributed by atoms with Crippen molar-refractivity contribution in [2.24, 2.45) is 11.5 Å². The number of aliphatic hydroxyl groups is 3. The molecule has 145 heavy (non-hydrogen) atoms. The molecule has 20 nitrogen and oxygen atoms in total. The summed E-state index contributed by atoms with van der Waals surface area (Å²) in [6, 6.07) is 8.39. The van der Waals surface area contributed by atoms with Crippen molar-refractivity contribution in [3.8, 4) is 0 Å². The van der Waals surface area contributed by atoms with Crippen LogP contribution in [0.4, 0.5) is 115 Å². The van der Waals surface area contributed by atoms with E-state index in [2.05, 4.69) is 26.6 Å². The van der Waals surface area contributed by atoms with Crippen molar-refractivity contribution in [1.82, 2.24) is 10.6 Å². The number of Topliss-reactive ketones (excluding diaryl/α,β-unsaturated/α-hetero) is 6. The molecule has 8 aromatic carbocycles. The maximum atomic E-state index is 14.3. The SMILES string of the molecule is CC(C)(C)OC(=O)NC1(c2c(F)cc(F)cc2F)CCCC(O)C1=O.CC(C)(C)OC(=O)NC1(c2c(F)cc(F)cc2F)CCCCC1=O.Fc1cc(F)c(Br)c(F)c1.NC1(c2c(F)cc(F)cc2F)CCCC(O)C1=O.NC1(c2c(F)cc(F)cc2F)CCCCC1=O.O=C1CCCCC1(c1c(F)cc(F)cc1F)[N+](=O)[O-].O=C1CCCCC1c1c(F)cc(F)cc1F.OC1CCCCC1c1c(F)cc(F)cc1F. The van der Waals surface area contributed by atoms with Gasteiger partial charge in [-0.05, 0) is 167 Å². The molecule has 7 fully saturated rings. The van der Waals surface area contributed by atoms with Crippen LogP contribution < -0.4 is 22.1 Å². The van der Waals surface area contributed by atoms with Crippen molar-refractivity contribution in [2.75, 3.05) is 0 Å². The minimum atomic E-state index is -2.43. The third kappa shape index (κ3) is 29.0. The average Bonchev–Trinajstić information content (AvgIpc) is 0.758. The molecule has 7 saturated carbocycles. The zero-order chi connectivity index (χ0) is 109. The average molecular weight is 2150 g/mol. The van der Waals surface area contributed by atoms with Crippen LogP contribution in [-0.4, -0.2) is 96.6 Å². The van der Waals surface area contributed by atoms with Gasteiger partial charge in [0.2, 0.25) is 5.78 Å². The van der Waals surface area contributed by atoms with Crippen molar-refractivity contribution in [2.45, 2.75) is 278 Å². The van der Waals surface area contributed by atoms with Gasteiger partial charge in [-0.1, -0.05) is 25.7 Å². The highest BCUT2D eigenvalue weighted by Crippen LogP contribution is 2.46. The van der Waals surface area contributed by atoms with Crippen LogP contribution in [0.2, 0.25) is 0 Å². The minimum Gasteiger partial charge on any atom is -0.444 e. The first-order valence-electron chi connectivity index (χ1n) is 45.4. The van der Waals surface area contributed by atoms with E-state index in [9.17, 15) is 169 Å². The molecule has 2 amide bonds. The molecule has 10 atom stereocenters. The van der Waals surface area contributed by atoms with Crippen LogP contribution >= 0.6 is 15.9 Å². The predicted molar refractivity (Wildman–Crippen MR) is 474 cm³/mol. The Morgan fingerprint density at radius 3 is 1.04 bits per heavy atom. The Balaban J connectivity index is 0.000000204. The number of ether oxygens (including phenoxy) is 2. The summed E-state index contributed by atoms with van der Waals surface area (Å²) in [5.74, 6) is -31.4. The van der Waals surface area contributed by atoms with Crippen molar-refractivity contribution < 1.29 is 173 Å². The second-order valence-corrected chi connectivity index (χ2v) is 38.0. The van der Waals surface area contributed by atoms with Gasteiger partial charge in [0.15, 0.2) is 23.1 Å². The van der Waals surface area contributed by atoms with E-state index in [4.69, 9.17) is 20.9 Å². The van der Waals surface area contributed by atoms with E-state index in [1.807, 2.05) is 0 Å². The molecule has 7 aliphatic carbocycles. The largest absolute Gasteiger partial charge is 0.444 e. The standard InChI is InChI=1S/C17H20F3NO4.C17H20F3NO3.C12H10F3NO3.C12H12F3NO2.C12H12F3NO.C12H13F3O.C12H11F3O.C6H2BrF3/c1-16(2,3)25-15(24)21-17(6-4-5-12(22)14(17)23)13-10(19)7-9(18)8-11(13)20;1-16(2,3)24-15(23)21-17(7-5-4-6-13(17)22)14-11(19)8-10(18)9-12(14)20;13-7-5-8(14)11(9(15)6-7)12(16(18)19)4-2-1-3-10(12)17;13-6-4-7(14)10(8(15)5-6)12(16)3-1-2-9(17)11(12)18;13-7-5-8(14)11(9(15)6-7)12(16)4-2-1-3-10(12)17;2*13-7-5-9(14)12(10(15)6-7)8-3-1-2-4-11(8)16;7-6-4(9)1-3(8)2-5(6)10/h7-8,12,22H,4-6H2,1-3H3,(H,21,24);8-9H,4-7H2,1-3H3,(H,21,23);5-6H,1-4H2;4-5,9,17H,1-3,16H2;5-6H,1-4,16H2;5-6,8,11,16H,1-4H2;5-6,8H,1-4H2;1-2H. The van der Waals surface area contributed by atoms with Gasteiger partial charge in [0, 0.05) is 157 Å². The summed E-state index contributed by atoms with van der Waals surface area (Å²) in [4.78, 5) is 107. The van der Waals surface area contributed by atoms with Gasteiger partial charge in [-0.25, -0.2) is 115 Å². The molecule has 7 aliphatic rings. The quantitative estimate of drug-likeness (QED) is 0.0220. The van der Waals surface area contributed by atoms with Gasteiger partial charge < -0.3 is 46.9 Å². The Morgan fingerprint density at radius 1 is 0.352 bits per heavy atom. The molecule has 0 aromatic heterocycles. The van der Waals surface area contributed by atoms with Crippen LogP contribution in [0.1, 0.15) is 259 Å². The molecule has 790 valence electrons. The summed E-state index contributed by atoms with van der Waals surface area (Å²) in [6.45, 7) is 9.62. The lowest BCUT2D eigenvalue weighted by Gasteiger charge is -2.39. The van der Waals surface area contributed by atoms with Gasteiger partial charge >= 0.3 is 17.7 Å². The minimum absolute atomic E-state index is 0.0162. The fraction of sp³-hybridized carbons (Fsp3) is 0.440. The molecule has 0 spiro atoms. The van der Waals surface area contributed by atoms with Crippen LogP contribution in [0.15, 0.2) is 102 Å². The zero-order valence-corrected chi connectivity index (χ0v) is 79.9. The van der Waals surface area contributed by atoms with Crippen LogP contribution in [0.5, 0.6) is 0 Å². The number of carbonyl (C=O) groups is 8. The third-order valence-electron chi connectivity index (χ3n) is 24.6. The molecule has 10 unspecified atom stereocenters. The molecule has 9 N–H and O–H groups in total. The zero-order valence-electron chi connectivity index (χ0n) is 78.3. The lowest BCUT2D eigenvalue weighted by molar-refractivity contribution is -0.564. The Kier molecular flexibility index (Phi) is 40.6. The fourth-order valence-electron chi connectivity index (χ4n) is 18.1. The number of amides is 2. The maximum Gasteiger partial charge on any atom is 0.408 e. The molecule has 0 radical (unpaired) electrons. The van der Waals surface area contributed by atoms with Crippen LogP contribution in [0, 0.1) is 150 Å². The summed E-state index contributed by atoms with van der Waals surface area (Å²) < 4.78 is 330. The fourth-order valence-corrected chi connectivity index (χ4v) is 18.3. The molecule has 15 rings (SSSR count). The first-order chi connectivity index (χ1) is 67.5. The predicted octanol–water partition coefficient (Wildman–Crippen LogP) is 22.7. The first-order valence-corrected chi connectivity index (χ1v) is 46.1. The van der Waals surface area contributed by atoms with Crippen LogP contribution in [-0.2, 0) is 65.9 Å². The molecular weight excluding hydrogens is 2050 g/mol. The Hall–Kier alpha value is -11.7. The van der Waals surface area contributed by atoms with E-state index in [0.717, 1.165) is 25.7 Å². The monoisotopic (exact) mass is 2150 g/mol. The van der Waals surface area contributed by atoms with E-state index in [1.54, 1.807) is 41.5 Å². The summed E-state index contributed by atoms with van der Waals surface area (Å²) in [6.07, 6.45) is 3.41. The maximum absolute atomic E-state index is 14.3. The van der Waals surface area contributed by atoms with Gasteiger partial charge in [0.05, 0.1) is 32.8 Å². The molecule has 45 heteroatoms. The van der Waals surface area contributed by atoms with Gasteiger partial charge in [-0.3, -0.25) is 38.9 Å². The van der Waals surface area contributed by atoms with E-state index in [-0.39, 0.29) is 92.0 Å². The second kappa shape index (κ2) is 49.7. The molecule has 0 saturated heterocycles. The summed E-state index contributed by atoms with van der Waals surface area (Å²) in [5.41, 5.74) is -4.27. The Morgan fingerprint density at radius 2 is 0.655 bits per heavy atom. The number of hydrogen-bond acceptors (Lipinski definition) is 17. The van der Waals surface area contributed by atoms with Gasteiger partial charge in [0.25, 0.3) is 0 Å². The number of hydrogen-bond donors (Lipinski definition) is 7. The number of nitrogens with one attached hydrogen (secondary N) is 2. The number of aliphatic hydroxyl groups excluding tert-OH is 3. The van der Waals surface area contributed by atoms with Crippen molar-refractivity contribution in [3.05, 3.63) is 290 Å². The number of carbonyl (C=O) groups excluding carboxylic acids is 8. The molecule has 0 heterocycles. The van der Waals surface area contributed by atoms with Gasteiger partial charge in [-0.2, -0.15) is 0 Å². The smallest absolute Gasteiger partial charge is 0.408 e. The number of rotatable bonds is 10. The number of alkyl carbamates (subject to hydrolysis) is 2. The summed E-state index contributed by atoms with van der Waals surface area (Å²) in [7, 11) is 0. The Bertz CT molecular complexity index is 5970. The number of nitro groups is 1. The van der Waals surface area contributed by atoms with E-state index in [1.165, 1.54) is 0 Å². The van der Waals surface area contributed by atoms with Crippen molar-refractivity contribution in [3.63, 3.8) is 0 Å². The van der Waals surface area contributed by atoms with Crippen molar-refractivity contribution in [1.29, 1.82) is 0 Å². The van der Waals surface area contributed by atoms with E-state index >= 15 is 0 Å². The van der Waals surface area contributed by atoms with Gasteiger partial charge in [-0.15, -0.1) is 0 Å². The lowest BCUT2D eigenvalue weighted by atomic mass is 9.74. The number of ketones is 6. The highest BCUT2D eigenvalue weighted by Gasteiger charge is 2.58. The Labute approximate surface area is 822 Å². The lowest BCUT2D eigenvalue weighted by Crippen LogP contribution is -2.59. The molecule has 8 aromatic rings. The topological polar surface area (TPSA) is 335 Å². The van der Waals surface area contributed by atoms with E-state index < -0.39 is 283 Å². The van der Waals surface area contributed by atoms with Crippen LogP contribution in [0.25, 0.3) is 0 Å². The molecular formula is C100H100BrF24N5O15. The van der Waals surface area contributed by atoms with E-state index in [0.29, 0.717) is 168 Å². The highest BCUT2D eigenvalue weighted by atomic mass is 79.9. The normalized spacial score (nSPS) is 23.1. The second-order valence-electron chi connectivity index (χ2n) is 37.3. The first kappa shape index (κ1) is 119. The van der Waals surface area contributed by atoms with Crippen LogP contribution in [0.3, 0.4) is 0 Å². The number of nitrogens with two attached hydrogens (primary N) is 2. The third-order valence-corrected chi connectivity index (χ3v) is 25.3. The molecule has 0 aliphatic heterocycles. The summed E-state index contributed by atoms with van der Waals surface area (Å²) >= 11 is 2.60. The number of benzene rings is 8. The highest BCUT2D eigenvalue weighted by molar-refractivity contribution is 9.10. The summed E-state index contributed by atoms with van der Waals surface area (Å²) in [5, 5.41) is 44.9. The number of nitrogens with zero attached hydrogens (tertiary/aromatic N) is 1. The molecule has 0 bridgehead atoms. The van der Waals surface area contributed by atoms with Gasteiger partial charge in [0.1, 0.15) is 197 Å². The number of halogens is 25.